The van der Waals surface area contributed by atoms with Crippen LogP contribution in [0.25, 0.3) is 0 Å². The third-order valence-electron chi connectivity index (χ3n) is 3.72. The van der Waals surface area contributed by atoms with Crippen LogP contribution in [0.3, 0.4) is 0 Å². The second kappa shape index (κ2) is 6.00. The van der Waals surface area contributed by atoms with Crippen LogP contribution in [0.4, 0.5) is 0 Å². The molecular weight excluding hydrogens is 250 g/mol. The molecule has 0 unspecified atom stereocenters. The molecule has 1 saturated carbocycles. The summed E-state index contributed by atoms with van der Waals surface area (Å²) < 4.78 is 26.5. The normalized spacial score (nSPS) is 22.8. The first-order chi connectivity index (χ1) is 8.59. The van der Waals surface area contributed by atoms with Crippen molar-refractivity contribution in [1.29, 1.82) is 5.26 Å². The van der Waals surface area contributed by atoms with Crippen molar-refractivity contribution in [3.8, 4) is 6.07 Å². The summed E-state index contributed by atoms with van der Waals surface area (Å²) in [6.45, 7) is 2.06. The molecule has 6 heteroatoms. The number of nitrogens with zero attached hydrogens (tertiary/aromatic N) is 2. The molecule has 2 rings (SSSR count). The Balaban J connectivity index is 1.71. The molecule has 2 aliphatic rings. The molecular formula is C12H21N3O2S. The SMILES string of the molecule is N#CCN1CCC(NS(=O)(=O)CCC2CC2)CC1. The maximum atomic E-state index is 11.9. The molecule has 18 heavy (non-hydrogen) atoms. The molecule has 0 atom stereocenters. The van der Waals surface area contributed by atoms with Gasteiger partial charge in [-0.25, -0.2) is 13.1 Å². The monoisotopic (exact) mass is 271 g/mol. The van der Waals surface area contributed by atoms with Gasteiger partial charge in [0.1, 0.15) is 0 Å². The Bertz CT molecular complexity index is 404. The summed E-state index contributed by atoms with van der Waals surface area (Å²) in [6, 6.07) is 2.19. The first-order valence-electron chi connectivity index (χ1n) is 6.68. The maximum Gasteiger partial charge on any atom is 0.211 e. The number of hydrogen-bond acceptors (Lipinski definition) is 4. The molecule has 0 aromatic rings. The molecule has 102 valence electrons. The van der Waals surface area contributed by atoms with E-state index in [2.05, 4.69) is 15.7 Å². The van der Waals surface area contributed by atoms with E-state index in [0.717, 1.165) is 32.4 Å². The number of hydrogen-bond donors (Lipinski definition) is 1. The van der Waals surface area contributed by atoms with Crippen LogP contribution < -0.4 is 4.72 Å². The predicted octanol–water partition coefficient (Wildman–Crippen LogP) is 0.694. The molecule has 1 N–H and O–H groups in total. The van der Waals surface area contributed by atoms with Gasteiger partial charge in [0, 0.05) is 19.1 Å². The Morgan fingerprint density at radius 2 is 1.89 bits per heavy atom. The molecule has 0 bridgehead atoms. The number of nitriles is 1. The Morgan fingerprint density at radius 3 is 2.44 bits per heavy atom. The van der Waals surface area contributed by atoms with Gasteiger partial charge < -0.3 is 0 Å². The van der Waals surface area contributed by atoms with Crippen LogP contribution in [0.1, 0.15) is 32.1 Å². The van der Waals surface area contributed by atoms with Crippen LogP contribution in [0.5, 0.6) is 0 Å². The lowest BCUT2D eigenvalue weighted by atomic mass is 10.1. The molecule has 5 nitrogen and oxygen atoms in total. The summed E-state index contributed by atoms with van der Waals surface area (Å²) >= 11 is 0. The fraction of sp³-hybridized carbons (Fsp3) is 0.917. The third kappa shape index (κ3) is 4.56. The van der Waals surface area contributed by atoms with Gasteiger partial charge in [0.2, 0.25) is 10.0 Å². The van der Waals surface area contributed by atoms with E-state index in [9.17, 15) is 8.42 Å². The van der Waals surface area contributed by atoms with Crippen molar-refractivity contribution in [2.24, 2.45) is 5.92 Å². The summed E-state index contributed by atoms with van der Waals surface area (Å²) in [5, 5.41) is 8.60. The van der Waals surface area contributed by atoms with Gasteiger partial charge in [-0.05, 0) is 25.2 Å². The van der Waals surface area contributed by atoms with E-state index in [1.807, 2.05) is 0 Å². The Hall–Kier alpha value is -0.640. The van der Waals surface area contributed by atoms with Gasteiger partial charge in [-0.1, -0.05) is 12.8 Å². The van der Waals surface area contributed by atoms with Gasteiger partial charge >= 0.3 is 0 Å². The van der Waals surface area contributed by atoms with Gasteiger partial charge in [-0.3, -0.25) is 4.90 Å². The van der Waals surface area contributed by atoms with Crippen molar-refractivity contribution >= 4 is 10.0 Å². The van der Waals surface area contributed by atoms with Crippen molar-refractivity contribution in [3.05, 3.63) is 0 Å². The standard InChI is InChI=1S/C12H21N3O2S/c13-6-9-15-7-3-12(4-8-15)14-18(16,17)10-5-11-1-2-11/h11-12,14H,1-5,7-10H2. The summed E-state index contributed by atoms with van der Waals surface area (Å²) in [7, 11) is -3.10. The van der Waals surface area contributed by atoms with E-state index < -0.39 is 10.0 Å². The number of sulfonamides is 1. The topological polar surface area (TPSA) is 73.2 Å². The molecule has 1 aliphatic heterocycles. The van der Waals surface area contributed by atoms with Gasteiger partial charge in [-0.2, -0.15) is 5.26 Å². The van der Waals surface area contributed by atoms with Gasteiger partial charge in [-0.15, -0.1) is 0 Å². The first-order valence-corrected chi connectivity index (χ1v) is 8.33. The number of nitrogens with one attached hydrogen (secondary N) is 1. The molecule has 1 heterocycles. The minimum Gasteiger partial charge on any atom is -0.290 e. The van der Waals surface area contributed by atoms with Gasteiger partial charge in [0.25, 0.3) is 0 Å². The second-order valence-corrected chi connectivity index (χ2v) is 7.25. The highest BCUT2D eigenvalue weighted by Crippen LogP contribution is 2.32. The molecule has 0 amide bonds. The van der Waals surface area contributed by atoms with Gasteiger partial charge in [0.05, 0.1) is 18.4 Å². The maximum absolute atomic E-state index is 11.9. The van der Waals surface area contributed by atoms with E-state index in [4.69, 9.17) is 5.26 Å². The fourth-order valence-corrected chi connectivity index (χ4v) is 3.86. The lowest BCUT2D eigenvalue weighted by Gasteiger charge is -2.30. The van der Waals surface area contributed by atoms with Crippen molar-refractivity contribution in [2.75, 3.05) is 25.4 Å². The Morgan fingerprint density at radius 1 is 1.22 bits per heavy atom. The van der Waals surface area contributed by atoms with Crippen molar-refractivity contribution in [3.63, 3.8) is 0 Å². The number of piperidine rings is 1. The summed E-state index contributed by atoms with van der Waals surface area (Å²) in [5.74, 6) is 0.926. The number of likely N-dealkylation sites (tertiary alicyclic amines) is 1. The Kier molecular flexibility index (Phi) is 4.60. The molecule has 1 saturated heterocycles. The summed E-state index contributed by atoms with van der Waals surface area (Å²) in [5.41, 5.74) is 0. The van der Waals surface area contributed by atoms with E-state index in [0.29, 0.717) is 12.5 Å². The van der Waals surface area contributed by atoms with Crippen molar-refractivity contribution in [2.45, 2.75) is 38.1 Å². The van der Waals surface area contributed by atoms with Crippen LogP contribution >= 0.6 is 0 Å². The zero-order chi connectivity index (χ0) is 13.0. The summed E-state index contributed by atoms with van der Waals surface area (Å²) in [6.07, 6.45) is 4.82. The minimum atomic E-state index is -3.10. The number of rotatable bonds is 6. The predicted molar refractivity (Wildman–Crippen MR) is 69.3 cm³/mol. The lowest BCUT2D eigenvalue weighted by Crippen LogP contribution is -2.45. The highest BCUT2D eigenvalue weighted by molar-refractivity contribution is 7.89. The molecule has 0 aromatic heterocycles. The largest absolute Gasteiger partial charge is 0.290 e. The van der Waals surface area contributed by atoms with Crippen molar-refractivity contribution < 1.29 is 8.42 Å². The van der Waals surface area contributed by atoms with Crippen LogP contribution in [-0.2, 0) is 10.0 Å². The highest BCUT2D eigenvalue weighted by Gasteiger charge is 2.26. The third-order valence-corrected chi connectivity index (χ3v) is 5.19. The molecule has 0 spiro atoms. The fourth-order valence-electron chi connectivity index (χ4n) is 2.35. The van der Waals surface area contributed by atoms with Gasteiger partial charge in [0.15, 0.2) is 0 Å². The van der Waals surface area contributed by atoms with Crippen LogP contribution in [0.2, 0.25) is 0 Å². The average Bonchev–Trinajstić information content (AvgIpc) is 3.13. The Labute approximate surface area is 109 Å². The quantitative estimate of drug-likeness (QED) is 0.722. The van der Waals surface area contributed by atoms with Crippen LogP contribution in [0.15, 0.2) is 0 Å². The smallest absolute Gasteiger partial charge is 0.211 e. The lowest BCUT2D eigenvalue weighted by molar-refractivity contribution is 0.229. The molecule has 2 fully saturated rings. The highest BCUT2D eigenvalue weighted by atomic mass is 32.2. The molecule has 1 aliphatic carbocycles. The molecule has 0 radical (unpaired) electrons. The zero-order valence-electron chi connectivity index (χ0n) is 10.6. The van der Waals surface area contributed by atoms with E-state index in [1.165, 1.54) is 12.8 Å². The molecule has 0 aromatic carbocycles. The first kappa shape index (κ1) is 13.8. The summed E-state index contributed by atoms with van der Waals surface area (Å²) in [4.78, 5) is 2.06. The van der Waals surface area contributed by atoms with Crippen LogP contribution in [0, 0.1) is 17.2 Å². The van der Waals surface area contributed by atoms with E-state index >= 15 is 0 Å². The average molecular weight is 271 g/mol. The van der Waals surface area contributed by atoms with Crippen LogP contribution in [-0.4, -0.2) is 44.7 Å². The van der Waals surface area contributed by atoms with E-state index in [-0.39, 0.29) is 11.8 Å². The zero-order valence-corrected chi connectivity index (χ0v) is 11.5. The van der Waals surface area contributed by atoms with E-state index in [1.54, 1.807) is 0 Å². The van der Waals surface area contributed by atoms with Crippen molar-refractivity contribution in [1.82, 2.24) is 9.62 Å². The minimum absolute atomic E-state index is 0.0594. The second-order valence-electron chi connectivity index (χ2n) is 5.38.